The number of carbonyl (C=O) groups is 2. The fourth-order valence-electron chi connectivity index (χ4n) is 2.78. The van der Waals surface area contributed by atoms with Crippen LogP contribution in [0.4, 0.5) is 5.69 Å². The number of carbonyl (C=O) groups excluding carboxylic acids is 2. The summed E-state index contributed by atoms with van der Waals surface area (Å²) in [7, 11) is 0. The minimum atomic E-state index is -0.892. The molecule has 0 radical (unpaired) electrons. The first-order chi connectivity index (χ1) is 12.9. The van der Waals surface area contributed by atoms with Crippen molar-refractivity contribution in [3.63, 3.8) is 0 Å². The zero-order chi connectivity index (χ0) is 19.4. The molecule has 0 bridgehead atoms. The fraction of sp³-hybridized carbons (Fsp3) is 0.158. The summed E-state index contributed by atoms with van der Waals surface area (Å²) < 4.78 is 5.29. The Bertz CT molecular complexity index is 994. The van der Waals surface area contributed by atoms with Crippen LogP contribution in [-0.4, -0.2) is 27.8 Å². The molecule has 8 nitrogen and oxygen atoms in total. The third-order valence-electron chi connectivity index (χ3n) is 4.03. The Labute approximate surface area is 154 Å². The number of ether oxygens (including phenoxy) is 1. The normalized spacial score (nSPS) is 11.7. The highest BCUT2D eigenvalue weighted by Gasteiger charge is 2.23. The number of H-pyrrole nitrogens is 1. The lowest BCUT2D eigenvalue weighted by Gasteiger charge is -2.16. The van der Waals surface area contributed by atoms with E-state index in [1.54, 1.807) is 6.20 Å². The van der Waals surface area contributed by atoms with Crippen LogP contribution in [-0.2, 0) is 16.0 Å². The summed E-state index contributed by atoms with van der Waals surface area (Å²) in [4.78, 5) is 37.4. The number of non-ortho nitro benzene ring substituents is 1. The Balaban J connectivity index is 1.78. The van der Waals surface area contributed by atoms with E-state index in [9.17, 15) is 19.7 Å². The van der Waals surface area contributed by atoms with Crippen molar-refractivity contribution in [2.24, 2.45) is 0 Å². The van der Waals surface area contributed by atoms with Gasteiger partial charge in [0.05, 0.1) is 4.92 Å². The van der Waals surface area contributed by atoms with Crippen molar-refractivity contribution in [2.75, 3.05) is 0 Å². The van der Waals surface area contributed by atoms with Gasteiger partial charge in [-0.25, -0.2) is 4.79 Å². The lowest BCUT2D eigenvalue weighted by atomic mass is 10.0. The predicted octanol–water partition coefficient (Wildman–Crippen LogP) is 2.73. The zero-order valence-electron chi connectivity index (χ0n) is 14.5. The number of hydrogen-bond donors (Lipinski definition) is 2. The summed E-state index contributed by atoms with van der Waals surface area (Å²) in [5, 5.41) is 14.2. The van der Waals surface area contributed by atoms with Gasteiger partial charge in [0.15, 0.2) is 0 Å². The first kappa shape index (κ1) is 18.1. The molecule has 8 heteroatoms. The van der Waals surface area contributed by atoms with Crippen molar-refractivity contribution in [3.05, 3.63) is 70.4 Å². The maximum atomic E-state index is 12.5. The number of hydrogen-bond acceptors (Lipinski definition) is 5. The first-order valence-electron chi connectivity index (χ1n) is 8.22. The molecule has 0 aliphatic carbocycles. The smallest absolute Gasteiger partial charge is 0.334 e. The minimum Gasteiger partial charge on any atom is -0.425 e. The van der Waals surface area contributed by atoms with Gasteiger partial charge in [-0.2, -0.15) is 0 Å². The van der Waals surface area contributed by atoms with Gasteiger partial charge < -0.3 is 15.0 Å². The molecule has 0 aliphatic rings. The molecule has 3 rings (SSSR count). The number of nitrogens with one attached hydrogen (secondary N) is 2. The highest BCUT2D eigenvalue weighted by Crippen LogP contribution is 2.21. The number of fused-ring (bicyclic) bond motifs is 1. The maximum Gasteiger partial charge on any atom is 0.334 e. The average molecular weight is 367 g/mol. The zero-order valence-corrected chi connectivity index (χ0v) is 14.5. The second kappa shape index (κ2) is 7.69. The molecule has 0 fully saturated rings. The van der Waals surface area contributed by atoms with E-state index in [4.69, 9.17) is 4.74 Å². The quantitative estimate of drug-likeness (QED) is 0.301. The highest BCUT2D eigenvalue weighted by atomic mass is 16.6. The van der Waals surface area contributed by atoms with Crippen molar-refractivity contribution < 1.29 is 19.2 Å². The summed E-state index contributed by atoms with van der Waals surface area (Å²) >= 11 is 0. The van der Waals surface area contributed by atoms with E-state index in [1.807, 2.05) is 24.3 Å². The summed E-state index contributed by atoms with van der Waals surface area (Å²) in [6.07, 6.45) is 2.04. The van der Waals surface area contributed by atoms with Gasteiger partial charge in [-0.05, 0) is 23.8 Å². The Morgan fingerprint density at radius 2 is 1.89 bits per heavy atom. The number of aromatic nitrogens is 1. The van der Waals surface area contributed by atoms with Crippen LogP contribution < -0.4 is 10.1 Å². The van der Waals surface area contributed by atoms with E-state index in [-0.39, 0.29) is 23.8 Å². The molecule has 27 heavy (non-hydrogen) atoms. The van der Waals surface area contributed by atoms with Crippen LogP contribution in [0.5, 0.6) is 5.75 Å². The van der Waals surface area contributed by atoms with Crippen LogP contribution in [0.25, 0.3) is 10.9 Å². The number of nitrogens with zero attached hydrogens (tertiary/aromatic N) is 1. The minimum absolute atomic E-state index is 0.105. The van der Waals surface area contributed by atoms with Gasteiger partial charge in [-0.1, -0.05) is 18.2 Å². The molecule has 1 unspecified atom stereocenters. The van der Waals surface area contributed by atoms with Crippen LogP contribution in [0.15, 0.2) is 54.7 Å². The Morgan fingerprint density at radius 3 is 2.56 bits per heavy atom. The number of amides is 1. The summed E-state index contributed by atoms with van der Waals surface area (Å²) in [6.45, 7) is 1.32. The van der Waals surface area contributed by atoms with Gasteiger partial charge in [-0.3, -0.25) is 14.9 Å². The maximum absolute atomic E-state index is 12.5. The first-order valence-corrected chi connectivity index (χ1v) is 8.22. The lowest BCUT2D eigenvalue weighted by Crippen LogP contribution is -2.43. The molecule has 3 aromatic rings. The number of esters is 1. The van der Waals surface area contributed by atoms with Crippen molar-refractivity contribution in [1.82, 2.24) is 10.3 Å². The van der Waals surface area contributed by atoms with E-state index >= 15 is 0 Å². The Kier molecular flexibility index (Phi) is 5.16. The summed E-state index contributed by atoms with van der Waals surface area (Å²) in [6, 6.07) is 11.9. The van der Waals surface area contributed by atoms with E-state index in [1.165, 1.54) is 31.2 Å². The molecular weight excluding hydrogens is 350 g/mol. The average Bonchev–Trinajstić information content (AvgIpc) is 3.04. The third-order valence-corrected chi connectivity index (χ3v) is 4.03. The second-order valence-electron chi connectivity index (χ2n) is 5.99. The van der Waals surface area contributed by atoms with Crippen LogP contribution in [0.2, 0.25) is 0 Å². The van der Waals surface area contributed by atoms with Crippen molar-refractivity contribution in [2.45, 2.75) is 19.4 Å². The molecule has 138 valence electrons. The van der Waals surface area contributed by atoms with E-state index in [0.717, 1.165) is 16.5 Å². The molecule has 1 aromatic heterocycles. The van der Waals surface area contributed by atoms with Crippen molar-refractivity contribution in [3.8, 4) is 5.75 Å². The monoisotopic (exact) mass is 367 g/mol. The van der Waals surface area contributed by atoms with Crippen molar-refractivity contribution >= 4 is 28.5 Å². The molecule has 0 spiro atoms. The van der Waals surface area contributed by atoms with Gasteiger partial charge in [0.25, 0.3) is 5.69 Å². The molecule has 0 aliphatic heterocycles. The molecule has 0 saturated carbocycles. The third kappa shape index (κ3) is 4.30. The van der Waals surface area contributed by atoms with Gasteiger partial charge in [-0.15, -0.1) is 0 Å². The molecule has 1 atom stereocenters. The molecule has 1 heterocycles. The van der Waals surface area contributed by atoms with Crippen LogP contribution in [0.3, 0.4) is 0 Å². The molecule has 2 N–H and O–H groups in total. The Morgan fingerprint density at radius 1 is 1.19 bits per heavy atom. The number of para-hydroxylation sites is 1. The molecular formula is C19H17N3O5. The largest absolute Gasteiger partial charge is 0.425 e. The van der Waals surface area contributed by atoms with E-state index in [0.29, 0.717) is 0 Å². The predicted molar refractivity (Wildman–Crippen MR) is 98.3 cm³/mol. The summed E-state index contributed by atoms with van der Waals surface area (Å²) in [5.74, 6) is -0.843. The molecule has 2 aromatic carbocycles. The number of aromatic amines is 1. The van der Waals surface area contributed by atoms with Crippen molar-refractivity contribution in [1.29, 1.82) is 0 Å². The van der Waals surface area contributed by atoms with E-state index in [2.05, 4.69) is 10.3 Å². The standard InChI is InChI=1S/C19H17N3O5/c1-12(23)21-18(10-13-11-20-17-5-3-2-4-16(13)17)19(24)27-15-8-6-14(7-9-15)22(25)26/h2-9,11,18,20H,10H2,1H3,(H,21,23). The lowest BCUT2D eigenvalue weighted by molar-refractivity contribution is -0.384. The number of rotatable bonds is 6. The number of benzene rings is 2. The SMILES string of the molecule is CC(=O)NC(Cc1c[nH]c2ccccc12)C(=O)Oc1ccc([N+](=O)[O-])cc1. The Hall–Kier alpha value is -3.68. The van der Waals surface area contributed by atoms with E-state index < -0.39 is 16.9 Å². The van der Waals surface area contributed by atoms with Gasteiger partial charge in [0, 0.05) is 42.6 Å². The summed E-state index contributed by atoms with van der Waals surface area (Å²) in [5.41, 5.74) is 1.69. The molecule has 0 saturated heterocycles. The van der Waals surface area contributed by atoms with Gasteiger partial charge >= 0.3 is 5.97 Å². The fourth-order valence-corrected chi connectivity index (χ4v) is 2.78. The topological polar surface area (TPSA) is 114 Å². The second-order valence-corrected chi connectivity index (χ2v) is 5.99. The number of nitro groups is 1. The van der Waals surface area contributed by atoms with Crippen LogP contribution >= 0.6 is 0 Å². The van der Waals surface area contributed by atoms with Crippen LogP contribution in [0.1, 0.15) is 12.5 Å². The highest BCUT2D eigenvalue weighted by molar-refractivity contribution is 5.87. The van der Waals surface area contributed by atoms with Gasteiger partial charge in [0.1, 0.15) is 11.8 Å². The van der Waals surface area contributed by atoms with Crippen LogP contribution in [0, 0.1) is 10.1 Å². The molecule has 1 amide bonds. The number of nitro benzene ring substituents is 1. The van der Waals surface area contributed by atoms with Gasteiger partial charge in [0.2, 0.25) is 5.91 Å².